The van der Waals surface area contributed by atoms with E-state index in [2.05, 4.69) is 0 Å². The summed E-state index contributed by atoms with van der Waals surface area (Å²) in [5, 5.41) is 0. The molecule has 3 rings (SSSR count). The molecule has 0 bridgehead atoms. The zero-order valence-corrected chi connectivity index (χ0v) is 11.1. The molecule has 1 atom stereocenters. The minimum absolute atomic E-state index is 0.216. The number of carbonyl (C=O) groups excluding carboxylic acids is 1. The number of ketones is 1. The summed E-state index contributed by atoms with van der Waals surface area (Å²) >= 11 is 0. The molecule has 0 aliphatic heterocycles. The molecule has 96 valence electrons. The van der Waals surface area contributed by atoms with E-state index in [1.807, 2.05) is 55.5 Å². The smallest absolute Gasteiger partial charge is 0.173 e. The number of rotatable bonds is 2. The molecule has 19 heavy (non-hydrogen) atoms. The lowest BCUT2D eigenvalue weighted by Crippen LogP contribution is -2.29. The lowest BCUT2D eigenvalue weighted by molar-refractivity contribution is 0.0915. The predicted molar refractivity (Wildman–Crippen MR) is 74.8 cm³/mol. The maximum atomic E-state index is 12.6. The van der Waals surface area contributed by atoms with Crippen LogP contribution in [-0.4, -0.2) is 12.9 Å². The molecule has 2 heteroatoms. The number of hydrogen-bond acceptors (Lipinski definition) is 2. The van der Waals surface area contributed by atoms with Gasteiger partial charge in [0.25, 0.3) is 0 Å². The highest BCUT2D eigenvalue weighted by Crippen LogP contribution is 2.39. The van der Waals surface area contributed by atoms with Crippen LogP contribution in [0, 0.1) is 0 Å². The Hall–Kier alpha value is -2.09. The largest absolute Gasteiger partial charge is 0.497 e. The van der Waals surface area contributed by atoms with Crippen LogP contribution >= 0.6 is 0 Å². The van der Waals surface area contributed by atoms with E-state index in [1.165, 1.54) is 0 Å². The Morgan fingerprint density at radius 3 is 2.37 bits per heavy atom. The van der Waals surface area contributed by atoms with Gasteiger partial charge < -0.3 is 4.74 Å². The second-order valence-electron chi connectivity index (χ2n) is 5.22. The fourth-order valence-electron chi connectivity index (χ4n) is 2.85. The van der Waals surface area contributed by atoms with E-state index in [-0.39, 0.29) is 5.78 Å². The zero-order valence-electron chi connectivity index (χ0n) is 11.1. The first kappa shape index (κ1) is 12.0. The second-order valence-corrected chi connectivity index (χ2v) is 5.22. The molecule has 1 aliphatic carbocycles. The Bertz CT molecular complexity index is 628. The average molecular weight is 252 g/mol. The van der Waals surface area contributed by atoms with Crippen LogP contribution < -0.4 is 4.74 Å². The maximum Gasteiger partial charge on any atom is 0.173 e. The van der Waals surface area contributed by atoms with Crippen molar-refractivity contribution in [1.82, 2.24) is 0 Å². The number of Topliss-reactive ketones (excluding diaryl/α,β-unsaturated/α-hetero) is 1. The minimum atomic E-state index is -0.448. The van der Waals surface area contributed by atoms with Gasteiger partial charge in [-0.05, 0) is 36.6 Å². The molecular formula is C17H16O2. The molecule has 0 saturated heterocycles. The van der Waals surface area contributed by atoms with E-state index < -0.39 is 5.41 Å². The van der Waals surface area contributed by atoms with Crippen LogP contribution in [-0.2, 0) is 11.8 Å². The number of hydrogen-bond donors (Lipinski definition) is 0. The first-order chi connectivity index (χ1) is 9.15. The Labute approximate surface area is 113 Å². The Balaban J connectivity index is 2.03. The quantitative estimate of drug-likeness (QED) is 0.819. The Morgan fingerprint density at radius 1 is 1.05 bits per heavy atom. The number of fused-ring (bicyclic) bond motifs is 1. The number of carbonyl (C=O) groups is 1. The Kier molecular flexibility index (Phi) is 2.67. The SMILES string of the molecule is COc1ccc([C@@]2(C)Cc3ccccc3C2=O)cc1. The minimum Gasteiger partial charge on any atom is -0.497 e. The van der Waals surface area contributed by atoms with Gasteiger partial charge in [-0.2, -0.15) is 0 Å². The van der Waals surface area contributed by atoms with Crippen molar-refractivity contribution in [2.24, 2.45) is 0 Å². The van der Waals surface area contributed by atoms with Crippen molar-refractivity contribution < 1.29 is 9.53 Å². The molecule has 0 radical (unpaired) electrons. The molecule has 2 nitrogen and oxygen atoms in total. The lowest BCUT2D eigenvalue weighted by Gasteiger charge is -2.22. The highest BCUT2D eigenvalue weighted by molar-refractivity contribution is 6.08. The van der Waals surface area contributed by atoms with Crippen LogP contribution in [0.15, 0.2) is 48.5 Å². The van der Waals surface area contributed by atoms with Gasteiger partial charge >= 0.3 is 0 Å². The molecule has 0 heterocycles. The standard InChI is InChI=1S/C17H16O2/c1-17(13-7-9-14(19-2)10-8-13)11-12-5-3-4-6-15(12)16(17)18/h3-10H,11H2,1-2H3/t17-/m1/s1. The van der Waals surface area contributed by atoms with E-state index in [0.717, 1.165) is 28.9 Å². The fourth-order valence-corrected chi connectivity index (χ4v) is 2.85. The topological polar surface area (TPSA) is 26.3 Å². The maximum absolute atomic E-state index is 12.6. The summed E-state index contributed by atoms with van der Waals surface area (Å²) in [6, 6.07) is 15.7. The molecule has 0 fully saturated rings. The van der Waals surface area contributed by atoms with Crippen LogP contribution in [0.3, 0.4) is 0 Å². The van der Waals surface area contributed by atoms with Gasteiger partial charge in [0.2, 0.25) is 0 Å². The molecule has 1 aliphatic rings. The third kappa shape index (κ3) is 1.75. The van der Waals surface area contributed by atoms with E-state index in [4.69, 9.17) is 4.74 Å². The van der Waals surface area contributed by atoms with Crippen molar-refractivity contribution in [1.29, 1.82) is 0 Å². The third-order valence-corrected chi connectivity index (χ3v) is 4.03. The van der Waals surface area contributed by atoms with E-state index in [0.29, 0.717) is 0 Å². The van der Waals surface area contributed by atoms with Crippen LogP contribution in [0.25, 0.3) is 0 Å². The highest BCUT2D eigenvalue weighted by Gasteiger charge is 2.42. The monoisotopic (exact) mass is 252 g/mol. The fraction of sp³-hybridized carbons (Fsp3) is 0.235. The second kappa shape index (κ2) is 4.23. The Morgan fingerprint density at radius 2 is 1.74 bits per heavy atom. The average Bonchev–Trinajstić information content (AvgIpc) is 2.72. The number of ether oxygens (including phenoxy) is 1. The summed E-state index contributed by atoms with van der Waals surface area (Å²) in [5.74, 6) is 1.03. The van der Waals surface area contributed by atoms with Crippen molar-refractivity contribution >= 4 is 5.78 Å². The van der Waals surface area contributed by atoms with E-state index >= 15 is 0 Å². The molecule has 0 spiro atoms. The molecule has 0 unspecified atom stereocenters. The zero-order chi connectivity index (χ0) is 13.5. The third-order valence-electron chi connectivity index (χ3n) is 4.03. The molecule has 0 N–H and O–H groups in total. The predicted octanol–water partition coefficient (Wildman–Crippen LogP) is 3.39. The van der Waals surface area contributed by atoms with Crippen molar-refractivity contribution in [3.8, 4) is 5.75 Å². The first-order valence-electron chi connectivity index (χ1n) is 6.42. The summed E-state index contributed by atoms with van der Waals surface area (Å²) in [6.07, 6.45) is 0.772. The summed E-state index contributed by atoms with van der Waals surface area (Å²) in [4.78, 5) is 12.6. The number of benzene rings is 2. The van der Waals surface area contributed by atoms with Crippen molar-refractivity contribution in [3.05, 3.63) is 65.2 Å². The summed E-state index contributed by atoms with van der Waals surface area (Å²) in [7, 11) is 1.65. The van der Waals surface area contributed by atoms with Crippen molar-refractivity contribution in [2.75, 3.05) is 7.11 Å². The molecule has 0 aromatic heterocycles. The van der Waals surface area contributed by atoms with Crippen LogP contribution in [0.1, 0.15) is 28.4 Å². The van der Waals surface area contributed by atoms with E-state index in [9.17, 15) is 4.79 Å². The summed E-state index contributed by atoms with van der Waals surface area (Å²) in [5.41, 5.74) is 2.61. The normalized spacial score (nSPS) is 21.3. The van der Waals surface area contributed by atoms with Gasteiger partial charge in [0.1, 0.15) is 5.75 Å². The van der Waals surface area contributed by atoms with Gasteiger partial charge in [-0.3, -0.25) is 4.79 Å². The van der Waals surface area contributed by atoms with E-state index in [1.54, 1.807) is 7.11 Å². The van der Waals surface area contributed by atoms with Gasteiger partial charge in [0.15, 0.2) is 5.78 Å². The molecule has 0 saturated carbocycles. The van der Waals surface area contributed by atoms with Crippen LogP contribution in [0.5, 0.6) is 5.75 Å². The highest BCUT2D eigenvalue weighted by atomic mass is 16.5. The van der Waals surface area contributed by atoms with Gasteiger partial charge in [0, 0.05) is 5.56 Å². The van der Waals surface area contributed by atoms with Gasteiger partial charge in [-0.25, -0.2) is 0 Å². The molecule has 2 aromatic rings. The van der Waals surface area contributed by atoms with Crippen LogP contribution in [0.2, 0.25) is 0 Å². The summed E-state index contributed by atoms with van der Waals surface area (Å²) < 4.78 is 5.17. The van der Waals surface area contributed by atoms with Gasteiger partial charge in [-0.1, -0.05) is 36.4 Å². The summed E-state index contributed by atoms with van der Waals surface area (Å²) in [6.45, 7) is 2.02. The lowest BCUT2D eigenvalue weighted by atomic mass is 9.79. The van der Waals surface area contributed by atoms with Gasteiger partial charge in [0.05, 0.1) is 12.5 Å². The van der Waals surface area contributed by atoms with Crippen molar-refractivity contribution in [2.45, 2.75) is 18.8 Å². The first-order valence-corrected chi connectivity index (χ1v) is 6.42. The molecule has 0 amide bonds. The van der Waals surface area contributed by atoms with Gasteiger partial charge in [-0.15, -0.1) is 0 Å². The van der Waals surface area contributed by atoms with Crippen LogP contribution in [0.4, 0.5) is 0 Å². The molecule has 2 aromatic carbocycles. The molecular weight excluding hydrogens is 236 g/mol. The van der Waals surface area contributed by atoms with Crippen molar-refractivity contribution in [3.63, 3.8) is 0 Å². The number of methoxy groups -OCH3 is 1.